The van der Waals surface area contributed by atoms with E-state index >= 15 is 0 Å². The lowest BCUT2D eigenvalue weighted by Gasteiger charge is -2.22. The average molecular weight is 280 g/mol. The van der Waals surface area contributed by atoms with Gasteiger partial charge in [-0.25, -0.2) is 0 Å². The maximum Gasteiger partial charge on any atom is 0.220 e. The monoisotopic (exact) mass is 280 g/mol. The van der Waals surface area contributed by atoms with E-state index in [-0.39, 0.29) is 18.4 Å². The van der Waals surface area contributed by atoms with Crippen molar-refractivity contribution in [2.24, 2.45) is 11.7 Å². The van der Waals surface area contributed by atoms with Gasteiger partial charge in [0.2, 0.25) is 5.91 Å². The summed E-state index contributed by atoms with van der Waals surface area (Å²) in [6.45, 7) is 5.27. The summed E-state index contributed by atoms with van der Waals surface area (Å²) in [7, 11) is 1.70. The van der Waals surface area contributed by atoms with E-state index < -0.39 is 0 Å². The molecule has 0 fully saturated rings. The van der Waals surface area contributed by atoms with Crippen molar-refractivity contribution in [3.8, 4) is 5.75 Å². The van der Waals surface area contributed by atoms with Crippen LogP contribution >= 0.6 is 0 Å². The number of methoxy groups -OCH3 is 1. The van der Waals surface area contributed by atoms with E-state index in [9.17, 15) is 4.79 Å². The van der Waals surface area contributed by atoms with Gasteiger partial charge in [-0.3, -0.25) is 4.79 Å². The summed E-state index contributed by atoms with van der Waals surface area (Å²) in [5.74, 6) is 0.841. The number of primary amides is 1. The molecular weight excluding hydrogens is 256 g/mol. The first kappa shape index (κ1) is 16.3. The molecule has 0 saturated heterocycles. The number of benzene rings is 1. The lowest BCUT2D eigenvalue weighted by Crippen LogP contribution is -2.30. The Morgan fingerprint density at radius 2 is 1.95 bits per heavy atom. The minimum absolute atomic E-state index is 0.225. The highest BCUT2D eigenvalue weighted by molar-refractivity contribution is 5.73. The van der Waals surface area contributed by atoms with Crippen LogP contribution in [0.15, 0.2) is 24.3 Å². The Labute approximate surface area is 120 Å². The zero-order chi connectivity index (χ0) is 15.0. The van der Waals surface area contributed by atoms with Crippen LogP contribution in [0.5, 0.6) is 5.75 Å². The van der Waals surface area contributed by atoms with Crippen molar-refractivity contribution in [1.82, 2.24) is 0 Å². The molecule has 112 valence electrons. The molecule has 1 rings (SSSR count). The van der Waals surface area contributed by atoms with Gasteiger partial charge >= 0.3 is 0 Å². The number of carbonyl (C=O) groups is 1. The molecule has 0 aromatic heterocycles. The maximum atomic E-state index is 10.6. The van der Waals surface area contributed by atoms with Gasteiger partial charge < -0.3 is 20.5 Å². The fraction of sp³-hybridized carbons (Fsp3) is 0.533. The first-order valence-corrected chi connectivity index (χ1v) is 6.79. The van der Waals surface area contributed by atoms with E-state index in [1.807, 2.05) is 24.3 Å². The normalized spacial score (nSPS) is 12.2. The number of hydrogen-bond acceptors (Lipinski definition) is 4. The second-order valence-electron chi connectivity index (χ2n) is 5.04. The molecule has 1 atom stereocenters. The zero-order valence-electron chi connectivity index (χ0n) is 12.4. The van der Waals surface area contributed by atoms with E-state index in [4.69, 9.17) is 15.2 Å². The highest BCUT2D eigenvalue weighted by atomic mass is 16.5. The summed E-state index contributed by atoms with van der Waals surface area (Å²) in [5, 5.41) is 3.43. The Hall–Kier alpha value is -1.75. The third-order valence-electron chi connectivity index (χ3n) is 2.97. The SMILES string of the molecule is COCC(Nc1ccc(OCCC(N)=O)cc1)C(C)C. The zero-order valence-corrected chi connectivity index (χ0v) is 12.4. The van der Waals surface area contributed by atoms with E-state index in [0.29, 0.717) is 19.1 Å². The van der Waals surface area contributed by atoms with E-state index in [1.165, 1.54) is 0 Å². The number of ether oxygens (including phenoxy) is 2. The summed E-state index contributed by atoms with van der Waals surface area (Å²) < 4.78 is 10.6. The van der Waals surface area contributed by atoms with Crippen LogP contribution in [0.1, 0.15) is 20.3 Å². The van der Waals surface area contributed by atoms with Crippen LogP contribution in [0.3, 0.4) is 0 Å². The fourth-order valence-electron chi connectivity index (χ4n) is 1.71. The van der Waals surface area contributed by atoms with Crippen LogP contribution in [0.4, 0.5) is 5.69 Å². The highest BCUT2D eigenvalue weighted by Gasteiger charge is 2.12. The van der Waals surface area contributed by atoms with Gasteiger partial charge in [-0.05, 0) is 30.2 Å². The van der Waals surface area contributed by atoms with Gasteiger partial charge in [-0.1, -0.05) is 13.8 Å². The smallest absolute Gasteiger partial charge is 0.220 e. The maximum absolute atomic E-state index is 10.6. The number of nitrogens with one attached hydrogen (secondary N) is 1. The van der Waals surface area contributed by atoms with Gasteiger partial charge in [0, 0.05) is 12.8 Å². The summed E-state index contributed by atoms with van der Waals surface area (Å²) in [4.78, 5) is 10.6. The molecule has 1 amide bonds. The van der Waals surface area contributed by atoms with E-state index in [0.717, 1.165) is 11.4 Å². The highest BCUT2D eigenvalue weighted by Crippen LogP contribution is 2.18. The quantitative estimate of drug-likeness (QED) is 0.726. The van der Waals surface area contributed by atoms with Crippen molar-refractivity contribution in [1.29, 1.82) is 0 Å². The number of rotatable bonds is 9. The van der Waals surface area contributed by atoms with Crippen LogP contribution in [0.2, 0.25) is 0 Å². The van der Waals surface area contributed by atoms with Crippen LogP contribution in [0, 0.1) is 5.92 Å². The van der Waals surface area contributed by atoms with Crippen LogP contribution in [0.25, 0.3) is 0 Å². The van der Waals surface area contributed by atoms with Gasteiger partial charge in [-0.15, -0.1) is 0 Å². The second kappa shape index (κ2) is 8.43. The van der Waals surface area contributed by atoms with Gasteiger partial charge in [0.1, 0.15) is 5.75 Å². The van der Waals surface area contributed by atoms with Crippen molar-refractivity contribution in [3.63, 3.8) is 0 Å². The molecular formula is C15H24N2O3. The fourth-order valence-corrected chi connectivity index (χ4v) is 1.71. The first-order valence-electron chi connectivity index (χ1n) is 6.79. The van der Waals surface area contributed by atoms with Crippen LogP contribution < -0.4 is 15.8 Å². The third-order valence-corrected chi connectivity index (χ3v) is 2.97. The molecule has 0 aliphatic rings. The van der Waals surface area contributed by atoms with E-state index in [1.54, 1.807) is 7.11 Å². The largest absolute Gasteiger partial charge is 0.493 e. The standard InChI is InChI=1S/C15H24N2O3/c1-11(2)14(10-19-3)17-12-4-6-13(7-5-12)20-9-8-15(16)18/h4-7,11,14,17H,8-10H2,1-3H3,(H2,16,18). The number of carbonyl (C=O) groups excluding carboxylic acids is 1. The van der Waals surface area contributed by atoms with Crippen molar-refractivity contribution < 1.29 is 14.3 Å². The summed E-state index contributed by atoms with van der Waals surface area (Å²) in [6.07, 6.45) is 0.225. The third kappa shape index (κ3) is 5.93. The summed E-state index contributed by atoms with van der Waals surface area (Å²) in [5.41, 5.74) is 6.07. The van der Waals surface area contributed by atoms with Gasteiger partial charge in [-0.2, -0.15) is 0 Å². The average Bonchev–Trinajstić information content (AvgIpc) is 2.39. The first-order chi connectivity index (χ1) is 9.52. The molecule has 0 heterocycles. The molecule has 20 heavy (non-hydrogen) atoms. The Bertz CT molecular complexity index is 404. The predicted molar refractivity (Wildman–Crippen MR) is 79.9 cm³/mol. The van der Waals surface area contributed by atoms with Crippen LogP contribution in [-0.2, 0) is 9.53 Å². The molecule has 5 heteroatoms. The lowest BCUT2D eigenvalue weighted by atomic mass is 10.1. The molecule has 0 radical (unpaired) electrons. The molecule has 1 unspecified atom stereocenters. The molecule has 0 spiro atoms. The van der Waals surface area contributed by atoms with Crippen molar-refractivity contribution >= 4 is 11.6 Å². The van der Waals surface area contributed by atoms with Crippen LogP contribution in [-0.4, -0.2) is 32.3 Å². The molecule has 0 bridgehead atoms. The predicted octanol–water partition coefficient (Wildman–Crippen LogP) is 2.02. The van der Waals surface area contributed by atoms with Gasteiger partial charge in [0.25, 0.3) is 0 Å². The minimum Gasteiger partial charge on any atom is -0.493 e. The Kier molecular flexibility index (Phi) is 6.87. The minimum atomic E-state index is -0.359. The Morgan fingerprint density at radius 1 is 1.30 bits per heavy atom. The Balaban J connectivity index is 2.50. The van der Waals surface area contributed by atoms with Crippen molar-refractivity contribution in [2.45, 2.75) is 26.3 Å². The second-order valence-corrected chi connectivity index (χ2v) is 5.04. The van der Waals surface area contributed by atoms with Gasteiger partial charge in [0.15, 0.2) is 0 Å². The molecule has 3 N–H and O–H groups in total. The molecule has 0 aliphatic carbocycles. The number of anilines is 1. The number of amides is 1. The topological polar surface area (TPSA) is 73.6 Å². The van der Waals surface area contributed by atoms with Gasteiger partial charge in [0.05, 0.1) is 25.7 Å². The summed E-state index contributed by atoms with van der Waals surface area (Å²) >= 11 is 0. The van der Waals surface area contributed by atoms with Crippen molar-refractivity contribution in [3.05, 3.63) is 24.3 Å². The lowest BCUT2D eigenvalue weighted by molar-refractivity contribution is -0.118. The number of hydrogen-bond donors (Lipinski definition) is 2. The van der Waals surface area contributed by atoms with E-state index in [2.05, 4.69) is 19.2 Å². The molecule has 1 aromatic rings. The Morgan fingerprint density at radius 3 is 2.45 bits per heavy atom. The number of nitrogens with two attached hydrogens (primary N) is 1. The molecule has 0 saturated carbocycles. The molecule has 5 nitrogen and oxygen atoms in total. The molecule has 1 aromatic carbocycles. The summed E-state index contributed by atoms with van der Waals surface area (Å²) in [6, 6.07) is 7.90. The van der Waals surface area contributed by atoms with Crippen molar-refractivity contribution in [2.75, 3.05) is 25.6 Å². The molecule has 0 aliphatic heterocycles.